The third-order valence-electron chi connectivity index (χ3n) is 4.83. The lowest BCUT2D eigenvalue weighted by atomic mass is 10.1. The fourth-order valence-electron chi connectivity index (χ4n) is 2.77. The topological polar surface area (TPSA) is 49.4 Å². The lowest BCUT2D eigenvalue weighted by Crippen LogP contribution is -2.49. The van der Waals surface area contributed by atoms with Crippen LogP contribution in [0.25, 0.3) is 0 Å². The van der Waals surface area contributed by atoms with Gasteiger partial charge in [0, 0.05) is 39.2 Å². The van der Waals surface area contributed by atoms with Crippen LogP contribution in [-0.2, 0) is 16.1 Å². The zero-order valence-corrected chi connectivity index (χ0v) is 20.7. The van der Waals surface area contributed by atoms with Crippen molar-refractivity contribution in [2.75, 3.05) is 5.75 Å². The number of benzene rings is 2. The van der Waals surface area contributed by atoms with E-state index in [1.165, 1.54) is 0 Å². The van der Waals surface area contributed by atoms with E-state index >= 15 is 0 Å². The van der Waals surface area contributed by atoms with Crippen molar-refractivity contribution in [2.24, 2.45) is 0 Å². The second-order valence-electron chi connectivity index (χ2n) is 7.19. The maximum atomic E-state index is 13.1. The second-order valence-corrected chi connectivity index (χ2v) is 9.71. The zero-order chi connectivity index (χ0) is 22.1. The zero-order valence-electron chi connectivity index (χ0n) is 17.5. The molecule has 4 nitrogen and oxygen atoms in total. The molecule has 2 rings (SSSR count). The Balaban J connectivity index is 2.06. The Bertz CT molecular complexity index is 830. The average molecular weight is 512 g/mol. The van der Waals surface area contributed by atoms with Crippen LogP contribution in [0.15, 0.2) is 57.9 Å². The molecule has 0 aromatic heterocycles. The van der Waals surface area contributed by atoms with Crippen molar-refractivity contribution >= 4 is 51.1 Å². The second kappa shape index (κ2) is 12.4. The lowest BCUT2D eigenvalue weighted by Gasteiger charge is -2.29. The van der Waals surface area contributed by atoms with Gasteiger partial charge in [0.25, 0.3) is 0 Å². The van der Waals surface area contributed by atoms with Crippen molar-refractivity contribution in [3.8, 4) is 0 Å². The van der Waals surface area contributed by atoms with Crippen LogP contribution in [-0.4, -0.2) is 34.6 Å². The molecule has 30 heavy (non-hydrogen) atoms. The summed E-state index contributed by atoms with van der Waals surface area (Å²) in [4.78, 5) is 28.5. The molecular weight excluding hydrogens is 484 g/mol. The molecule has 0 aliphatic carbocycles. The maximum absolute atomic E-state index is 13.1. The molecule has 1 N–H and O–H groups in total. The van der Waals surface area contributed by atoms with Gasteiger partial charge in [0.05, 0.1) is 0 Å². The number of carbonyl (C=O) groups is 2. The number of nitrogens with one attached hydrogen (secondary N) is 1. The SMILES string of the molecule is CC[C@H](C)NC(=O)[C@@H](C)N(Cc1ccc(Br)cc1)C(=O)CCSc1ccc(Cl)cc1. The van der Waals surface area contributed by atoms with E-state index in [0.29, 0.717) is 23.7 Å². The third-order valence-corrected chi connectivity index (χ3v) is 6.63. The van der Waals surface area contributed by atoms with Crippen LogP contribution in [0, 0.1) is 0 Å². The lowest BCUT2D eigenvalue weighted by molar-refractivity contribution is -0.140. The van der Waals surface area contributed by atoms with Crippen molar-refractivity contribution in [3.63, 3.8) is 0 Å². The fourth-order valence-corrected chi connectivity index (χ4v) is 4.00. The van der Waals surface area contributed by atoms with Crippen LogP contribution >= 0.6 is 39.3 Å². The molecule has 0 fully saturated rings. The van der Waals surface area contributed by atoms with Crippen LogP contribution in [0.3, 0.4) is 0 Å². The van der Waals surface area contributed by atoms with E-state index < -0.39 is 6.04 Å². The number of carbonyl (C=O) groups excluding carboxylic acids is 2. The highest BCUT2D eigenvalue weighted by Gasteiger charge is 2.26. The van der Waals surface area contributed by atoms with Crippen molar-refractivity contribution < 1.29 is 9.59 Å². The Morgan fingerprint density at radius 2 is 1.73 bits per heavy atom. The van der Waals surface area contributed by atoms with E-state index in [2.05, 4.69) is 21.2 Å². The summed E-state index contributed by atoms with van der Waals surface area (Å²) in [5.74, 6) is 0.475. The molecule has 162 valence electrons. The molecule has 0 spiro atoms. The summed E-state index contributed by atoms with van der Waals surface area (Å²) in [6.07, 6.45) is 1.20. The van der Waals surface area contributed by atoms with Gasteiger partial charge < -0.3 is 10.2 Å². The largest absolute Gasteiger partial charge is 0.352 e. The molecule has 7 heteroatoms. The number of nitrogens with zero attached hydrogens (tertiary/aromatic N) is 1. The minimum Gasteiger partial charge on any atom is -0.352 e. The maximum Gasteiger partial charge on any atom is 0.242 e. The smallest absolute Gasteiger partial charge is 0.242 e. The highest BCUT2D eigenvalue weighted by atomic mass is 79.9. The third kappa shape index (κ3) is 7.97. The summed E-state index contributed by atoms with van der Waals surface area (Å²) in [6, 6.07) is 14.9. The summed E-state index contributed by atoms with van der Waals surface area (Å²) < 4.78 is 0.978. The van der Waals surface area contributed by atoms with Crippen LogP contribution in [0.5, 0.6) is 0 Å². The number of halogens is 2. The molecule has 0 aliphatic rings. The van der Waals surface area contributed by atoms with E-state index in [4.69, 9.17) is 11.6 Å². The normalized spacial score (nSPS) is 12.8. The Hall–Kier alpha value is -1.50. The molecule has 0 heterocycles. The highest BCUT2D eigenvalue weighted by molar-refractivity contribution is 9.10. The summed E-state index contributed by atoms with van der Waals surface area (Å²) in [5.41, 5.74) is 0.986. The Morgan fingerprint density at radius 3 is 2.33 bits per heavy atom. The van der Waals surface area contributed by atoms with Crippen molar-refractivity contribution in [1.29, 1.82) is 0 Å². The number of thioether (sulfide) groups is 1. The molecule has 0 unspecified atom stereocenters. The van der Waals surface area contributed by atoms with Gasteiger partial charge in [-0.05, 0) is 62.2 Å². The minimum atomic E-state index is -0.546. The first-order chi connectivity index (χ1) is 14.3. The van der Waals surface area contributed by atoms with Crippen molar-refractivity contribution in [1.82, 2.24) is 10.2 Å². The fraction of sp³-hybridized carbons (Fsp3) is 0.391. The molecule has 2 atom stereocenters. The minimum absolute atomic E-state index is 0.0359. The van der Waals surface area contributed by atoms with Crippen LogP contribution in [0.1, 0.15) is 39.2 Å². The molecule has 0 aliphatic heterocycles. The molecule has 0 saturated carbocycles. The molecule has 0 saturated heterocycles. The summed E-state index contributed by atoms with van der Waals surface area (Å²) >= 11 is 11.0. The van der Waals surface area contributed by atoms with Crippen LogP contribution in [0.4, 0.5) is 0 Å². The van der Waals surface area contributed by atoms with E-state index in [-0.39, 0.29) is 17.9 Å². The van der Waals surface area contributed by atoms with Gasteiger partial charge in [0.1, 0.15) is 6.04 Å². The van der Waals surface area contributed by atoms with E-state index in [0.717, 1.165) is 21.4 Å². The summed E-state index contributed by atoms with van der Waals surface area (Å²) in [5, 5.41) is 3.68. The average Bonchev–Trinajstić information content (AvgIpc) is 2.74. The van der Waals surface area contributed by atoms with Crippen LogP contribution in [0.2, 0.25) is 5.02 Å². The summed E-state index contributed by atoms with van der Waals surface area (Å²) in [6.45, 7) is 6.18. The molecule has 0 bridgehead atoms. The summed E-state index contributed by atoms with van der Waals surface area (Å²) in [7, 11) is 0. The van der Waals surface area contributed by atoms with Gasteiger partial charge in [-0.1, -0.05) is 46.6 Å². The number of amides is 2. The van der Waals surface area contributed by atoms with Crippen molar-refractivity contribution in [3.05, 3.63) is 63.6 Å². The van der Waals surface area contributed by atoms with Gasteiger partial charge in [-0.2, -0.15) is 0 Å². The molecular formula is C23H28BrClN2O2S. The quantitative estimate of drug-likeness (QED) is 0.403. The van der Waals surface area contributed by atoms with E-state index in [1.54, 1.807) is 23.6 Å². The first-order valence-corrected chi connectivity index (χ1v) is 12.2. The Labute approximate surface area is 196 Å². The van der Waals surface area contributed by atoms with Gasteiger partial charge in [0.15, 0.2) is 0 Å². The van der Waals surface area contributed by atoms with E-state index in [9.17, 15) is 9.59 Å². The van der Waals surface area contributed by atoms with Crippen LogP contribution < -0.4 is 5.32 Å². The number of hydrogen-bond acceptors (Lipinski definition) is 3. The van der Waals surface area contributed by atoms with E-state index in [1.807, 2.05) is 62.4 Å². The predicted molar refractivity (Wildman–Crippen MR) is 129 cm³/mol. The Kier molecular flexibility index (Phi) is 10.2. The van der Waals surface area contributed by atoms with Gasteiger partial charge in [-0.3, -0.25) is 9.59 Å². The molecule has 2 aromatic rings. The van der Waals surface area contributed by atoms with Gasteiger partial charge in [0.2, 0.25) is 11.8 Å². The first-order valence-electron chi connectivity index (χ1n) is 10.0. The predicted octanol–water partition coefficient (Wildman–Crippen LogP) is 5.92. The molecule has 0 radical (unpaired) electrons. The molecule has 2 aromatic carbocycles. The Morgan fingerprint density at radius 1 is 1.10 bits per heavy atom. The monoisotopic (exact) mass is 510 g/mol. The van der Waals surface area contributed by atoms with Gasteiger partial charge in [-0.15, -0.1) is 11.8 Å². The van der Waals surface area contributed by atoms with Crippen molar-refractivity contribution in [2.45, 2.75) is 57.1 Å². The standard InChI is InChI=1S/C23H28BrClN2O2S/c1-4-16(2)26-23(29)17(3)27(15-18-5-7-19(24)8-6-18)22(28)13-14-30-21-11-9-20(25)10-12-21/h5-12,16-17H,4,13-15H2,1-3H3,(H,26,29)/t16-,17+/m0/s1. The van der Waals surface area contributed by atoms with Gasteiger partial charge in [-0.25, -0.2) is 0 Å². The number of hydrogen-bond donors (Lipinski definition) is 1. The first kappa shape index (κ1) is 24.8. The van der Waals surface area contributed by atoms with Gasteiger partial charge >= 0.3 is 0 Å². The molecule has 2 amide bonds. The number of rotatable bonds is 10. The highest BCUT2D eigenvalue weighted by Crippen LogP contribution is 2.22.